The van der Waals surface area contributed by atoms with Crippen molar-refractivity contribution in [1.29, 1.82) is 0 Å². The van der Waals surface area contributed by atoms with Gasteiger partial charge < -0.3 is 14.2 Å². The summed E-state index contributed by atoms with van der Waals surface area (Å²) in [6.45, 7) is 1.84. The molecule has 1 aliphatic heterocycles. The molecular formula is C17H17ClO5S. The number of hydrogen-bond acceptors (Lipinski definition) is 6. The van der Waals surface area contributed by atoms with Crippen molar-refractivity contribution in [2.45, 2.75) is 18.9 Å². The molecule has 0 saturated carbocycles. The molecule has 1 aromatic rings. The number of carbonyl (C=O) groups excluding carboxylic acids is 2. The second kappa shape index (κ2) is 6.01. The first-order valence-corrected chi connectivity index (χ1v) is 8.98. The fourth-order valence-electron chi connectivity index (χ4n) is 3.23. The molecule has 2 aliphatic rings. The minimum Gasteiger partial charge on any atom is -0.496 e. The fraction of sp³-hybridized carbons (Fsp3) is 0.412. The van der Waals surface area contributed by atoms with E-state index in [0.717, 1.165) is 4.91 Å². The normalized spacial score (nSPS) is 25.4. The Kier molecular flexibility index (Phi) is 4.30. The van der Waals surface area contributed by atoms with E-state index in [-0.39, 0.29) is 33.8 Å². The zero-order valence-corrected chi connectivity index (χ0v) is 15.3. The number of methoxy groups -OCH3 is 2. The summed E-state index contributed by atoms with van der Waals surface area (Å²) >= 11 is 7.81. The van der Waals surface area contributed by atoms with Crippen LogP contribution in [0.5, 0.6) is 17.2 Å². The van der Waals surface area contributed by atoms with Crippen LogP contribution in [0.2, 0.25) is 5.02 Å². The number of ether oxygens (including phenoxy) is 3. The van der Waals surface area contributed by atoms with Crippen molar-refractivity contribution in [1.82, 2.24) is 0 Å². The summed E-state index contributed by atoms with van der Waals surface area (Å²) in [5, 5.41) is 0.165. The number of fused-ring (bicyclic) bond motifs is 1. The standard InChI is InChI=1S/C17H17ClO5S/c1-8-5-9(24-4)6-12(19)17(8)16(20)13-10(21-2)7-11(22-3)14(18)15(13)23-17/h6-8H,5H2,1-4H3. The Bertz CT molecular complexity index is 773. The lowest BCUT2D eigenvalue weighted by Crippen LogP contribution is -2.54. The van der Waals surface area contributed by atoms with Gasteiger partial charge in [0.15, 0.2) is 5.75 Å². The average molecular weight is 369 g/mol. The van der Waals surface area contributed by atoms with E-state index >= 15 is 0 Å². The molecule has 0 fully saturated rings. The highest BCUT2D eigenvalue weighted by Crippen LogP contribution is 2.53. The number of ketones is 2. The van der Waals surface area contributed by atoms with E-state index in [9.17, 15) is 9.59 Å². The van der Waals surface area contributed by atoms with Crippen molar-refractivity contribution in [3.05, 3.63) is 27.6 Å². The highest BCUT2D eigenvalue weighted by molar-refractivity contribution is 8.02. The maximum absolute atomic E-state index is 13.2. The van der Waals surface area contributed by atoms with E-state index in [2.05, 4.69) is 0 Å². The first kappa shape index (κ1) is 17.2. The van der Waals surface area contributed by atoms with Gasteiger partial charge in [-0.1, -0.05) is 18.5 Å². The van der Waals surface area contributed by atoms with Gasteiger partial charge in [0.1, 0.15) is 22.1 Å². The average Bonchev–Trinajstić information content (AvgIpc) is 2.88. The molecule has 1 spiro atoms. The van der Waals surface area contributed by atoms with Gasteiger partial charge >= 0.3 is 0 Å². The molecule has 0 N–H and O–H groups in total. The molecule has 0 bridgehead atoms. The molecule has 0 saturated heterocycles. The second-order valence-electron chi connectivity index (χ2n) is 5.75. The van der Waals surface area contributed by atoms with E-state index in [1.807, 2.05) is 13.2 Å². The minimum absolute atomic E-state index is 0.152. The van der Waals surface area contributed by atoms with Gasteiger partial charge in [0.25, 0.3) is 0 Å². The lowest BCUT2D eigenvalue weighted by molar-refractivity contribution is -0.129. The number of Topliss-reactive ketones (excluding diaryl/α,β-unsaturated/α-hetero) is 1. The molecule has 0 radical (unpaired) electrons. The van der Waals surface area contributed by atoms with Crippen molar-refractivity contribution >= 4 is 34.9 Å². The third-order valence-electron chi connectivity index (χ3n) is 4.54. The molecule has 5 nitrogen and oxygen atoms in total. The maximum Gasteiger partial charge on any atom is 0.236 e. The Morgan fingerprint density at radius 3 is 2.50 bits per heavy atom. The molecule has 0 aromatic heterocycles. The topological polar surface area (TPSA) is 61.8 Å². The lowest BCUT2D eigenvalue weighted by Gasteiger charge is -2.34. The predicted octanol–water partition coefficient (Wildman–Crippen LogP) is 3.53. The summed E-state index contributed by atoms with van der Waals surface area (Å²) in [4.78, 5) is 26.9. The molecule has 0 amide bonds. The van der Waals surface area contributed by atoms with Crippen LogP contribution in [0.4, 0.5) is 0 Å². The van der Waals surface area contributed by atoms with Crippen molar-refractivity contribution < 1.29 is 23.8 Å². The monoisotopic (exact) mass is 368 g/mol. The van der Waals surface area contributed by atoms with Crippen LogP contribution in [0.25, 0.3) is 0 Å². The van der Waals surface area contributed by atoms with Crippen molar-refractivity contribution in [2.24, 2.45) is 5.92 Å². The summed E-state index contributed by atoms with van der Waals surface area (Å²) in [6, 6.07) is 1.53. The Labute approximate surface area is 149 Å². The van der Waals surface area contributed by atoms with Crippen LogP contribution in [-0.4, -0.2) is 37.6 Å². The number of allylic oxidation sites excluding steroid dienone is 1. The quantitative estimate of drug-likeness (QED) is 0.760. The fourth-order valence-corrected chi connectivity index (χ4v) is 4.14. The van der Waals surface area contributed by atoms with E-state index in [0.29, 0.717) is 12.2 Å². The summed E-state index contributed by atoms with van der Waals surface area (Å²) in [5.74, 6) is -0.319. The molecule has 1 aliphatic carbocycles. The first-order chi connectivity index (χ1) is 11.4. The second-order valence-corrected chi connectivity index (χ2v) is 7.06. The lowest BCUT2D eigenvalue weighted by atomic mass is 9.75. The SMILES string of the molecule is COc1cc(OC)c2c(c1Cl)OC1(C(=O)C=C(SC)CC1C)C2=O. The van der Waals surface area contributed by atoms with Gasteiger partial charge in [0.2, 0.25) is 17.2 Å². The van der Waals surface area contributed by atoms with E-state index in [1.54, 1.807) is 0 Å². The third-order valence-corrected chi connectivity index (χ3v) is 5.71. The minimum atomic E-state index is -1.58. The molecule has 7 heteroatoms. The highest BCUT2D eigenvalue weighted by Gasteiger charge is 2.60. The van der Waals surface area contributed by atoms with Gasteiger partial charge in [-0.3, -0.25) is 9.59 Å². The molecule has 128 valence electrons. The van der Waals surface area contributed by atoms with Crippen LogP contribution in [0, 0.1) is 5.92 Å². The molecule has 1 aromatic carbocycles. The molecule has 2 atom stereocenters. The van der Waals surface area contributed by atoms with Gasteiger partial charge in [0.05, 0.1) is 14.2 Å². The Hall–Kier alpha value is -1.66. The third kappa shape index (κ3) is 2.16. The summed E-state index contributed by atoms with van der Waals surface area (Å²) < 4.78 is 16.4. The number of halogens is 1. The molecular weight excluding hydrogens is 352 g/mol. The maximum atomic E-state index is 13.2. The number of carbonyl (C=O) groups is 2. The number of hydrogen-bond donors (Lipinski definition) is 0. The molecule has 3 rings (SSSR count). The molecule has 1 heterocycles. The summed E-state index contributed by atoms with van der Waals surface area (Å²) in [7, 11) is 2.90. The van der Waals surface area contributed by atoms with E-state index in [1.165, 1.54) is 38.1 Å². The highest BCUT2D eigenvalue weighted by atomic mass is 35.5. The first-order valence-electron chi connectivity index (χ1n) is 7.38. The van der Waals surface area contributed by atoms with Crippen LogP contribution >= 0.6 is 23.4 Å². The van der Waals surface area contributed by atoms with Gasteiger partial charge in [-0.25, -0.2) is 0 Å². The predicted molar refractivity (Wildman–Crippen MR) is 92.6 cm³/mol. The van der Waals surface area contributed by atoms with Gasteiger partial charge in [0, 0.05) is 12.0 Å². The number of benzene rings is 1. The van der Waals surface area contributed by atoms with Crippen LogP contribution < -0.4 is 14.2 Å². The van der Waals surface area contributed by atoms with Crippen molar-refractivity contribution in [3.63, 3.8) is 0 Å². The Morgan fingerprint density at radius 2 is 1.96 bits per heavy atom. The van der Waals surface area contributed by atoms with Gasteiger partial charge in [-0.2, -0.15) is 0 Å². The summed E-state index contributed by atoms with van der Waals surface area (Å²) in [5.41, 5.74) is -1.38. The van der Waals surface area contributed by atoms with E-state index < -0.39 is 11.4 Å². The zero-order valence-electron chi connectivity index (χ0n) is 13.8. The molecule has 2 unspecified atom stereocenters. The number of rotatable bonds is 3. The Morgan fingerprint density at radius 1 is 1.29 bits per heavy atom. The Balaban J connectivity index is 2.20. The van der Waals surface area contributed by atoms with Crippen LogP contribution in [0.3, 0.4) is 0 Å². The molecule has 24 heavy (non-hydrogen) atoms. The van der Waals surface area contributed by atoms with Crippen molar-refractivity contribution in [2.75, 3.05) is 20.5 Å². The van der Waals surface area contributed by atoms with Crippen LogP contribution in [-0.2, 0) is 4.79 Å². The zero-order chi connectivity index (χ0) is 17.6. The van der Waals surface area contributed by atoms with Crippen LogP contribution in [0.1, 0.15) is 23.7 Å². The van der Waals surface area contributed by atoms with Gasteiger partial charge in [-0.15, -0.1) is 11.8 Å². The van der Waals surface area contributed by atoms with E-state index in [4.69, 9.17) is 25.8 Å². The largest absolute Gasteiger partial charge is 0.496 e. The van der Waals surface area contributed by atoms with Gasteiger partial charge in [-0.05, 0) is 23.7 Å². The summed E-state index contributed by atoms with van der Waals surface area (Å²) in [6.07, 6.45) is 3.98. The number of thioether (sulfide) groups is 1. The van der Waals surface area contributed by atoms with Crippen molar-refractivity contribution in [3.8, 4) is 17.2 Å². The van der Waals surface area contributed by atoms with Crippen LogP contribution in [0.15, 0.2) is 17.0 Å². The smallest absolute Gasteiger partial charge is 0.236 e.